The van der Waals surface area contributed by atoms with Crippen LogP contribution in [-0.2, 0) is 0 Å². The number of halogens is 1. The summed E-state index contributed by atoms with van der Waals surface area (Å²) in [4.78, 5) is 0. The summed E-state index contributed by atoms with van der Waals surface area (Å²) >= 11 is 0. The fourth-order valence-electron chi connectivity index (χ4n) is 5.00. The average molecular weight is 378 g/mol. The molecule has 0 aliphatic heterocycles. The third-order valence-electron chi connectivity index (χ3n) is 5.51. The van der Waals surface area contributed by atoms with Crippen LogP contribution in [0.15, 0.2) is 54.1 Å². The molecule has 3 heteroatoms. The van der Waals surface area contributed by atoms with Crippen LogP contribution in [0, 0.1) is 28.0 Å². The van der Waals surface area contributed by atoms with Gasteiger partial charge >= 0.3 is 0 Å². The van der Waals surface area contributed by atoms with E-state index < -0.39 is 0 Å². The number of benzene rings is 2. The molecule has 0 bridgehead atoms. The lowest BCUT2D eigenvalue weighted by Gasteiger charge is -2.48. The molecule has 0 aromatic heterocycles. The van der Waals surface area contributed by atoms with Gasteiger partial charge in [0.25, 0.3) is 0 Å². The first-order valence-electron chi connectivity index (χ1n) is 9.76. The number of rotatable bonds is 4. The van der Waals surface area contributed by atoms with Crippen molar-refractivity contribution in [2.75, 3.05) is 6.61 Å². The Labute approximate surface area is 167 Å². The third-order valence-corrected chi connectivity index (χ3v) is 5.51. The summed E-state index contributed by atoms with van der Waals surface area (Å²) in [7, 11) is 0. The van der Waals surface area contributed by atoms with Crippen molar-refractivity contribution in [1.82, 2.24) is 0 Å². The number of ether oxygens (including phenoxy) is 1. The van der Waals surface area contributed by atoms with Gasteiger partial charge < -0.3 is 4.74 Å². The highest BCUT2D eigenvalue weighted by Gasteiger charge is 2.43. The lowest BCUT2D eigenvalue weighted by Crippen LogP contribution is -2.36. The Morgan fingerprint density at radius 2 is 1.71 bits per heavy atom. The van der Waals surface area contributed by atoms with Crippen LogP contribution < -0.4 is 4.74 Å². The Hall–Kier alpha value is -2.60. The van der Waals surface area contributed by atoms with Gasteiger partial charge in [0.05, 0.1) is 0 Å². The molecule has 1 atom stereocenters. The molecule has 2 aromatic carbocycles. The second-order valence-electron chi connectivity index (χ2n) is 9.23. The Bertz CT molecular complexity index is 886. The lowest BCUT2D eigenvalue weighted by molar-refractivity contribution is 0.131. The fourth-order valence-corrected chi connectivity index (χ4v) is 5.00. The Kier molecular flexibility index (Phi) is 5.61. The van der Waals surface area contributed by atoms with E-state index >= 15 is 0 Å². The normalized spacial score (nSPS) is 21.9. The van der Waals surface area contributed by atoms with Gasteiger partial charge in [-0.25, -0.2) is 4.39 Å². The summed E-state index contributed by atoms with van der Waals surface area (Å²) in [6.07, 6.45) is 4.39. The summed E-state index contributed by atoms with van der Waals surface area (Å²) in [6, 6.07) is 16.8. The summed E-state index contributed by atoms with van der Waals surface area (Å²) in [5, 5.41) is 8.64. The molecule has 0 N–H and O–H groups in total. The molecular formula is C25H28FNO. The van der Waals surface area contributed by atoms with Crippen molar-refractivity contribution in [1.29, 1.82) is 5.26 Å². The Balaban J connectivity index is 1.99. The van der Waals surface area contributed by atoms with Gasteiger partial charge in [0, 0.05) is 5.92 Å². The van der Waals surface area contributed by atoms with Gasteiger partial charge in [0.1, 0.15) is 17.6 Å². The van der Waals surface area contributed by atoms with Gasteiger partial charge in [-0.05, 0) is 59.1 Å². The van der Waals surface area contributed by atoms with Crippen molar-refractivity contribution in [2.24, 2.45) is 10.8 Å². The zero-order valence-electron chi connectivity index (χ0n) is 17.1. The molecule has 1 aliphatic carbocycles. The van der Waals surface area contributed by atoms with Crippen molar-refractivity contribution >= 4 is 6.08 Å². The molecule has 1 saturated carbocycles. The third kappa shape index (κ3) is 4.62. The van der Waals surface area contributed by atoms with E-state index in [-0.39, 0.29) is 29.2 Å². The molecule has 3 rings (SSSR count). The number of hydrogen-bond donors (Lipinski definition) is 0. The molecule has 2 nitrogen and oxygen atoms in total. The van der Waals surface area contributed by atoms with Gasteiger partial charge in [-0.2, -0.15) is 5.26 Å². The zero-order valence-corrected chi connectivity index (χ0v) is 17.1. The Morgan fingerprint density at radius 1 is 1.07 bits per heavy atom. The summed E-state index contributed by atoms with van der Waals surface area (Å²) < 4.78 is 18.8. The van der Waals surface area contributed by atoms with Gasteiger partial charge in [0.15, 0.2) is 6.61 Å². The van der Waals surface area contributed by atoms with Crippen LogP contribution in [-0.4, -0.2) is 6.61 Å². The van der Waals surface area contributed by atoms with Crippen molar-refractivity contribution in [3.8, 4) is 11.8 Å². The first kappa shape index (κ1) is 20.1. The van der Waals surface area contributed by atoms with Crippen LogP contribution in [0.3, 0.4) is 0 Å². The van der Waals surface area contributed by atoms with E-state index in [0.29, 0.717) is 5.75 Å². The molecule has 0 saturated heterocycles. The predicted molar refractivity (Wildman–Crippen MR) is 111 cm³/mol. The predicted octanol–water partition coefficient (Wildman–Crippen LogP) is 6.74. The summed E-state index contributed by atoms with van der Waals surface area (Å²) in [5.74, 6) is 0.745. The fraction of sp³-hybridized carbons (Fsp3) is 0.400. The minimum Gasteiger partial charge on any atom is -0.479 e. The second-order valence-corrected chi connectivity index (χ2v) is 9.23. The first-order valence-corrected chi connectivity index (χ1v) is 9.76. The van der Waals surface area contributed by atoms with E-state index in [1.165, 1.54) is 11.1 Å². The maximum Gasteiger partial charge on any atom is 0.174 e. The first-order chi connectivity index (χ1) is 13.2. The highest BCUT2D eigenvalue weighted by molar-refractivity contribution is 5.57. The van der Waals surface area contributed by atoms with Crippen LogP contribution in [0.5, 0.6) is 5.75 Å². The summed E-state index contributed by atoms with van der Waals surface area (Å²) in [6.45, 7) is 9.32. The van der Waals surface area contributed by atoms with Crippen molar-refractivity contribution in [3.63, 3.8) is 0 Å². The van der Waals surface area contributed by atoms with Crippen molar-refractivity contribution < 1.29 is 9.13 Å². The molecule has 28 heavy (non-hydrogen) atoms. The van der Waals surface area contributed by atoms with Gasteiger partial charge in [0.2, 0.25) is 0 Å². The van der Waals surface area contributed by atoms with Crippen LogP contribution >= 0.6 is 0 Å². The molecule has 0 spiro atoms. The van der Waals surface area contributed by atoms with E-state index in [1.807, 2.05) is 42.5 Å². The molecular weight excluding hydrogens is 349 g/mol. The van der Waals surface area contributed by atoms with Crippen LogP contribution in [0.2, 0.25) is 0 Å². The highest BCUT2D eigenvalue weighted by Crippen LogP contribution is 2.56. The van der Waals surface area contributed by atoms with Crippen LogP contribution in [0.25, 0.3) is 6.08 Å². The SMILES string of the molecule is CC1(C)CC(=Cc2ccc(OCC#N)cc2)C(c2ccc(F)cc2)C(C)(C)C1. The molecule has 0 heterocycles. The monoisotopic (exact) mass is 377 g/mol. The quantitative estimate of drug-likeness (QED) is 0.591. The van der Waals surface area contributed by atoms with E-state index in [9.17, 15) is 4.39 Å². The van der Waals surface area contributed by atoms with Gasteiger partial charge in [-0.1, -0.05) is 63.6 Å². The molecule has 2 aromatic rings. The molecule has 0 radical (unpaired) electrons. The second kappa shape index (κ2) is 7.80. The molecule has 1 aliphatic rings. The number of nitrogens with zero attached hydrogens (tertiary/aromatic N) is 1. The molecule has 1 fully saturated rings. The van der Waals surface area contributed by atoms with E-state index in [0.717, 1.165) is 18.4 Å². The van der Waals surface area contributed by atoms with Gasteiger partial charge in [-0.3, -0.25) is 0 Å². The average Bonchev–Trinajstić information content (AvgIpc) is 2.60. The molecule has 0 amide bonds. The van der Waals surface area contributed by atoms with E-state index in [4.69, 9.17) is 10.00 Å². The van der Waals surface area contributed by atoms with Crippen molar-refractivity contribution in [2.45, 2.75) is 46.5 Å². The number of nitriles is 1. The molecule has 1 unspecified atom stereocenters. The standard InChI is InChI=1S/C25H28FNO/c1-24(2)16-20(15-18-5-11-22(12-6-18)28-14-13-27)23(25(3,4)17-24)19-7-9-21(26)10-8-19/h5-12,15,23H,14,16-17H2,1-4H3. The largest absolute Gasteiger partial charge is 0.479 e. The maximum absolute atomic E-state index is 13.5. The van der Waals surface area contributed by atoms with Crippen LogP contribution in [0.4, 0.5) is 4.39 Å². The summed E-state index contributed by atoms with van der Waals surface area (Å²) in [5.41, 5.74) is 3.93. The lowest BCUT2D eigenvalue weighted by atomic mass is 9.56. The molecule has 146 valence electrons. The number of hydrogen-bond acceptors (Lipinski definition) is 2. The zero-order chi connectivity index (χ0) is 20.4. The smallest absolute Gasteiger partial charge is 0.174 e. The van der Waals surface area contributed by atoms with Crippen molar-refractivity contribution in [3.05, 3.63) is 71.0 Å². The van der Waals surface area contributed by atoms with E-state index in [2.05, 4.69) is 33.8 Å². The highest BCUT2D eigenvalue weighted by atomic mass is 19.1. The number of allylic oxidation sites excluding steroid dienone is 1. The van der Waals surface area contributed by atoms with Gasteiger partial charge in [-0.15, -0.1) is 0 Å². The minimum atomic E-state index is -0.198. The minimum absolute atomic E-state index is 0.0510. The van der Waals surface area contributed by atoms with E-state index in [1.54, 1.807) is 12.1 Å². The Morgan fingerprint density at radius 3 is 2.32 bits per heavy atom. The topological polar surface area (TPSA) is 33.0 Å². The maximum atomic E-state index is 13.5. The van der Waals surface area contributed by atoms with Crippen LogP contribution in [0.1, 0.15) is 57.6 Å².